The largest absolute Gasteiger partial charge is 0.497 e. The number of carbonyl (C=O) groups is 1. The summed E-state index contributed by atoms with van der Waals surface area (Å²) >= 11 is 2.93. The minimum absolute atomic E-state index is 0.120. The number of aromatic nitrogens is 3. The molecule has 7 nitrogen and oxygen atoms in total. The molecule has 0 radical (unpaired) electrons. The van der Waals surface area contributed by atoms with Crippen LogP contribution < -0.4 is 10.1 Å². The van der Waals surface area contributed by atoms with Gasteiger partial charge in [-0.25, -0.2) is 0 Å². The summed E-state index contributed by atoms with van der Waals surface area (Å²) in [5.41, 5.74) is 0.715. The summed E-state index contributed by atoms with van der Waals surface area (Å²) in [6.07, 6.45) is 1.64. The van der Waals surface area contributed by atoms with E-state index in [0.717, 1.165) is 22.2 Å². The van der Waals surface area contributed by atoms with Gasteiger partial charge in [0, 0.05) is 5.69 Å². The fourth-order valence-electron chi connectivity index (χ4n) is 2.69. The number of nitrogens with zero attached hydrogens (tertiary/aromatic N) is 3. The van der Waals surface area contributed by atoms with Crippen molar-refractivity contribution >= 4 is 34.7 Å². The van der Waals surface area contributed by atoms with Gasteiger partial charge in [0.1, 0.15) is 11.5 Å². The number of hydrogen-bond donors (Lipinski definition) is 1. The van der Waals surface area contributed by atoms with Gasteiger partial charge in [-0.1, -0.05) is 17.8 Å². The number of amides is 1. The van der Waals surface area contributed by atoms with Gasteiger partial charge in [0.15, 0.2) is 11.0 Å². The third-order valence-corrected chi connectivity index (χ3v) is 5.89. The van der Waals surface area contributed by atoms with Crippen LogP contribution in [0.4, 0.5) is 5.69 Å². The molecular formula is C20H18N4O3S2. The first-order chi connectivity index (χ1) is 14.2. The Morgan fingerprint density at radius 2 is 2.07 bits per heavy atom. The molecule has 0 bridgehead atoms. The van der Waals surface area contributed by atoms with E-state index in [9.17, 15) is 4.79 Å². The van der Waals surface area contributed by atoms with Gasteiger partial charge < -0.3 is 14.5 Å². The summed E-state index contributed by atoms with van der Waals surface area (Å²) < 4.78 is 12.6. The fourth-order valence-corrected chi connectivity index (χ4v) is 4.14. The lowest BCUT2D eigenvalue weighted by Crippen LogP contribution is -2.14. The van der Waals surface area contributed by atoms with Crippen molar-refractivity contribution in [1.82, 2.24) is 14.8 Å². The van der Waals surface area contributed by atoms with Crippen molar-refractivity contribution in [3.63, 3.8) is 0 Å². The summed E-state index contributed by atoms with van der Waals surface area (Å²) in [6.45, 7) is 0.496. The summed E-state index contributed by atoms with van der Waals surface area (Å²) in [4.78, 5) is 13.4. The molecule has 148 valence electrons. The molecule has 4 rings (SSSR count). The standard InChI is InChI=1S/C20H18N4O3S2/c1-26-15-8-6-14(7-9-15)21-18(25)13-29-20-23-22-19(17-5-3-11-28-17)24(20)12-16-4-2-10-27-16/h2-11H,12-13H2,1H3,(H,21,25). The maximum absolute atomic E-state index is 12.4. The van der Waals surface area contributed by atoms with E-state index in [-0.39, 0.29) is 11.7 Å². The van der Waals surface area contributed by atoms with Crippen LogP contribution in [0, 0.1) is 0 Å². The van der Waals surface area contributed by atoms with Crippen molar-refractivity contribution in [2.75, 3.05) is 18.2 Å². The molecule has 4 aromatic rings. The predicted molar refractivity (Wildman–Crippen MR) is 113 cm³/mol. The third kappa shape index (κ3) is 4.69. The van der Waals surface area contributed by atoms with Crippen molar-refractivity contribution in [2.45, 2.75) is 11.7 Å². The predicted octanol–water partition coefficient (Wildman–Crippen LogP) is 4.39. The SMILES string of the molecule is COc1ccc(NC(=O)CSc2nnc(-c3cccs3)n2Cc2ccco2)cc1. The molecule has 3 aromatic heterocycles. The fraction of sp³-hybridized carbons (Fsp3) is 0.150. The van der Waals surface area contributed by atoms with E-state index < -0.39 is 0 Å². The highest BCUT2D eigenvalue weighted by molar-refractivity contribution is 7.99. The number of rotatable bonds is 8. The Balaban J connectivity index is 1.46. The normalized spacial score (nSPS) is 10.8. The van der Waals surface area contributed by atoms with Crippen molar-refractivity contribution in [3.05, 3.63) is 65.9 Å². The van der Waals surface area contributed by atoms with Gasteiger partial charge in [-0.2, -0.15) is 0 Å². The molecule has 0 spiro atoms. The average molecular weight is 427 g/mol. The van der Waals surface area contributed by atoms with E-state index in [0.29, 0.717) is 17.4 Å². The van der Waals surface area contributed by atoms with Crippen LogP contribution in [0.15, 0.2) is 69.7 Å². The molecule has 0 saturated heterocycles. The molecule has 1 aromatic carbocycles. The highest BCUT2D eigenvalue weighted by Crippen LogP contribution is 2.28. The highest BCUT2D eigenvalue weighted by atomic mass is 32.2. The van der Waals surface area contributed by atoms with Crippen molar-refractivity contribution in [3.8, 4) is 16.5 Å². The molecule has 0 fully saturated rings. The summed E-state index contributed by atoms with van der Waals surface area (Å²) in [5.74, 6) is 2.39. The molecule has 3 heterocycles. The topological polar surface area (TPSA) is 82.2 Å². The monoisotopic (exact) mass is 426 g/mol. The second-order valence-corrected chi connectivity index (χ2v) is 7.90. The van der Waals surface area contributed by atoms with E-state index >= 15 is 0 Å². The Hall–Kier alpha value is -3.04. The van der Waals surface area contributed by atoms with Gasteiger partial charge in [0.25, 0.3) is 0 Å². The molecule has 1 amide bonds. The van der Waals surface area contributed by atoms with Crippen LogP contribution in [0.2, 0.25) is 0 Å². The number of furan rings is 1. The van der Waals surface area contributed by atoms with Crippen LogP contribution >= 0.6 is 23.1 Å². The Labute approximate surface area is 175 Å². The zero-order valence-corrected chi connectivity index (χ0v) is 17.2. The number of anilines is 1. The van der Waals surface area contributed by atoms with Crippen molar-refractivity contribution in [1.29, 1.82) is 0 Å². The average Bonchev–Trinajstić information content (AvgIpc) is 3.50. The minimum atomic E-state index is -0.120. The molecule has 0 saturated carbocycles. The number of benzene rings is 1. The molecule has 0 unspecified atom stereocenters. The Bertz CT molecular complexity index is 1060. The van der Waals surface area contributed by atoms with E-state index in [1.165, 1.54) is 11.8 Å². The summed E-state index contributed by atoms with van der Waals surface area (Å²) in [7, 11) is 1.60. The molecule has 29 heavy (non-hydrogen) atoms. The highest BCUT2D eigenvalue weighted by Gasteiger charge is 2.17. The van der Waals surface area contributed by atoms with Crippen molar-refractivity contribution < 1.29 is 13.9 Å². The Morgan fingerprint density at radius 3 is 2.76 bits per heavy atom. The van der Waals surface area contributed by atoms with E-state index in [1.54, 1.807) is 49.0 Å². The van der Waals surface area contributed by atoms with Gasteiger partial charge in [-0.3, -0.25) is 9.36 Å². The zero-order chi connectivity index (χ0) is 20.1. The van der Waals surface area contributed by atoms with Crippen LogP contribution in [0.3, 0.4) is 0 Å². The number of ether oxygens (including phenoxy) is 1. The van der Waals surface area contributed by atoms with Gasteiger partial charge in [-0.05, 0) is 47.8 Å². The second kappa shape index (κ2) is 8.97. The summed E-state index contributed by atoms with van der Waals surface area (Å²) in [6, 6.07) is 14.9. The second-order valence-electron chi connectivity index (χ2n) is 6.01. The van der Waals surface area contributed by atoms with Crippen LogP contribution in [-0.2, 0) is 11.3 Å². The maximum atomic E-state index is 12.4. The maximum Gasteiger partial charge on any atom is 0.234 e. The number of carbonyl (C=O) groups excluding carboxylic acids is 1. The third-order valence-electron chi connectivity index (χ3n) is 4.06. The van der Waals surface area contributed by atoms with Crippen LogP contribution in [-0.4, -0.2) is 33.5 Å². The first kappa shape index (κ1) is 19.3. The van der Waals surface area contributed by atoms with Crippen LogP contribution in [0.1, 0.15) is 5.76 Å². The molecule has 0 aliphatic carbocycles. The molecule has 0 aliphatic heterocycles. The number of nitrogens with one attached hydrogen (secondary N) is 1. The van der Waals surface area contributed by atoms with Crippen LogP contribution in [0.25, 0.3) is 10.7 Å². The zero-order valence-electron chi connectivity index (χ0n) is 15.6. The molecule has 0 aliphatic rings. The molecule has 0 atom stereocenters. The smallest absolute Gasteiger partial charge is 0.234 e. The number of thiophene rings is 1. The Morgan fingerprint density at radius 1 is 1.21 bits per heavy atom. The first-order valence-electron chi connectivity index (χ1n) is 8.79. The first-order valence-corrected chi connectivity index (χ1v) is 10.7. The molecular weight excluding hydrogens is 408 g/mol. The number of hydrogen-bond acceptors (Lipinski definition) is 7. The molecule has 9 heteroatoms. The lowest BCUT2D eigenvalue weighted by molar-refractivity contribution is -0.113. The lowest BCUT2D eigenvalue weighted by Gasteiger charge is -2.08. The van der Waals surface area contributed by atoms with Crippen LogP contribution in [0.5, 0.6) is 5.75 Å². The van der Waals surface area contributed by atoms with Gasteiger partial charge >= 0.3 is 0 Å². The summed E-state index contributed by atoms with van der Waals surface area (Å²) in [5, 5.41) is 14.2. The van der Waals surface area contributed by atoms with Gasteiger partial charge in [-0.15, -0.1) is 21.5 Å². The van der Waals surface area contributed by atoms with E-state index in [2.05, 4.69) is 15.5 Å². The van der Waals surface area contributed by atoms with Gasteiger partial charge in [0.05, 0.1) is 30.5 Å². The Kier molecular flexibility index (Phi) is 5.97. The van der Waals surface area contributed by atoms with Crippen molar-refractivity contribution in [2.24, 2.45) is 0 Å². The van der Waals surface area contributed by atoms with E-state index in [1.807, 2.05) is 34.2 Å². The van der Waals surface area contributed by atoms with Gasteiger partial charge in [0.2, 0.25) is 5.91 Å². The molecule has 1 N–H and O–H groups in total. The van der Waals surface area contributed by atoms with E-state index in [4.69, 9.17) is 9.15 Å². The number of thioether (sulfide) groups is 1. The minimum Gasteiger partial charge on any atom is -0.497 e. The quantitative estimate of drug-likeness (QED) is 0.421. The lowest BCUT2D eigenvalue weighted by atomic mass is 10.3. The number of methoxy groups -OCH3 is 1.